The van der Waals surface area contributed by atoms with Crippen LogP contribution in [-0.2, 0) is 16.0 Å². The van der Waals surface area contributed by atoms with Crippen LogP contribution in [0.5, 0.6) is 0 Å². The van der Waals surface area contributed by atoms with Crippen LogP contribution in [0.1, 0.15) is 25.8 Å². The molecule has 1 amide bonds. The van der Waals surface area contributed by atoms with Crippen molar-refractivity contribution in [3.05, 3.63) is 34.3 Å². The Kier molecular flexibility index (Phi) is 4.90. The molecule has 0 aromatic heterocycles. The summed E-state index contributed by atoms with van der Waals surface area (Å²) in [6.45, 7) is 3.24. The normalized spacial score (nSPS) is 13.7. The number of hydrogen-bond acceptors (Lipinski definition) is 2. The second kappa shape index (κ2) is 6.00. The Morgan fingerprint density at radius 1 is 1.44 bits per heavy atom. The fourth-order valence-corrected chi connectivity index (χ4v) is 1.92. The number of nitrogens with one attached hydrogen (secondary N) is 1. The largest absolute Gasteiger partial charge is 0.480 e. The fourth-order valence-electron chi connectivity index (χ4n) is 1.48. The quantitative estimate of drug-likeness (QED) is 0.877. The molecule has 0 radical (unpaired) electrons. The lowest BCUT2D eigenvalue weighted by atomic mass is 9.98. The highest BCUT2D eigenvalue weighted by atomic mass is 79.9. The number of aliphatic carboxylic acids is 1. The van der Waals surface area contributed by atoms with Gasteiger partial charge in [-0.1, -0.05) is 35.0 Å². The zero-order valence-corrected chi connectivity index (χ0v) is 12.0. The number of carboxylic acid groups (broad SMARTS) is 1. The summed E-state index contributed by atoms with van der Waals surface area (Å²) >= 11 is 3.32. The molecule has 0 aliphatic rings. The number of rotatable bonds is 5. The van der Waals surface area contributed by atoms with Gasteiger partial charge in [0.15, 0.2) is 0 Å². The molecule has 0 fully saturated rings. The third-order valence-corrected chi connectivity index (χ3v) is 3.34. The van der Waals surface area contributed by atoms with Crippen LogP contribution >= 0.6 is 15.9 Å². The maximum atomic E-state index is 11.8. The van der Waals surface area contributed by atoms with Crippen molar-refractivity contribution >= 4 is 27.8 Å². The molecule has 98 valence electrons. The van der Waals surface area contributed by atoms with Gasteiger partial charge in [0, 0.05) is 4.47 Å². The minimum absolute atomic E-state index is 0.169. The minimum Gasteiger partial charge on any atom is -0.480 e. The Labute approximate surface area is 115 Å². The van der Waals surface area contributed by atoms with Gasteiger partial charge in [-0.25, -0.2) is 4.79 Å². The highest BCUT2D eigenvalue weighted by molar-refractivity contribution is 9.10. The predicted octanol–water partition coefficient (Wildman–Crippen LogP) is 2.36. The number of carboxylic acids is 1. The van der Waals surface area contributed by atoms with Crippen molar-refractivity contribution in [1.29, 1.82) is 0 Å². The summed E-state index contributed by atoms with van der Waals surface area (Å²) in [6.07, 6.45) is 0.509. The molecular formula is C13H16BrNO3. The van der Waals surface area contributed by atoms with Crippen LogP contribution in [0.25, 0.3) is 0 Å². The van der Waals surface area contributed by atoms with Gasteiger partial charge in [-0.3, -0.25) is 4.79 Å². The summed E-state index contributed by atoms with van der Waals surface area (Å²) in [5, 5.41) is 11.6. The molecule has 0 aliphatic carbocycles. The zero-order chi connectivity index (χ0) is 13.8. The fraction of sp³-hybridized carbons (Fsp3) is 0.385. The van der Waals surface area contributed by atoms with Crippen LogP contribution in [0.15, 0.2) is 28.7 Å². The maximum Gasteiger partial charge on any atom is 0.329 e. The third-order valence-electron chi connectivity index (χ3n) is 2.85. The van der Waals surface area contributed by atoms with Crippen molar-refractivity contribution < 1.29 is 14.7 Å². The third kappa shape index (κ3) is 3.84. The Bertz CT molecular complexity index is 461. The molecule has 18 heavy (non-hydrogen) atoms. The highest BCUT2D eigenvalue weighted by Gasteiger charge is 2.32. The second-order valence-corrected chi connectivity index (χ2v) is 5.26. The molecule has 0 spiro atoms. The van der Waals surface area contributed by atoms with E-state index >= 15 is 0 Å². The summed E-state index contributed by atoms with van der Waals surface area (Å²) in [6, 6.07) is 7.37. The lowest BCUT2D eigenvalue weighted by molar-refractivity contribution is -0.146. The Hall–Kier alpha value is -1.36. The number of hydrogen-bond donors (Lipinski definition) is 2. The molecule has 1 atom stereocenters. The first-order valence-electron chi connectivity index (χ1n) is 5.66. The van der Waals surface area contributed by atoms with Gasteiger partial charge < -0.3 is 10.4 Å². The molecule has 1 rings (SSSR count). The molecule has 1 aromatic rings. The molecule has 5 heteroatoms. The van der Waals surface area contributed by atoms with E-state index in [1.807, 2.05) is 24.3 Å². The first kappa shape index (κ1) is 14.7. The van der Waals surface area contributed by atoms with Crippen molar-refractivity contribution in [1.82, 2.24) is 5.32 Å². The molecule has 4 nitrogen and oxygen atoms in total. The van der Waals surface area contributed by atoms with Gasteiger partial charge in [0.05, 0.1) is 6.42 Å². The van der Waals surface area contributed by atoms with E-state index in [2.05, 4.69) is 21.2 Å². The van der Waals surface area contributed by atoms with Gasteiger partial charge in [-0.05, 0) is 31.0 Å². The molecule has 0 saturated carbocycles. The topological polar surface area (TPSA) is 66.4 Å². The highest BCUT2D eigenvalue weighted by Crippen LogP contribution is 2.13. The van der Waals surface area contributed by atoms with E-state index in [1.54, 1.807) is 6.92 Å². The van der Waals surface area contributed by atoms with Gasteiger partial charge in [0.2, 0.25) is 5.91 Å². The monoisotopic (exact) mass is 313 g/mol. The molecule has 0 heterocycles. The summed E-state index contributed by atoms with van der Waals surface area (Å²) in [5.74, 6) is -1.31. The van der Waals surface area contributed by atoms with E-state index < -0.39 is 11.5 Å². The van der Waals surface area contributed by atoms with E-state index in [9.17, 15) is 9.59 Å². The van der Waals surface area contributed by atoms with Gasteiger partial charge in [0.25, 0.3) is 0 Å². The lowest BCUT2D eigenvalue weighted by Crippen LogP contribution is -2.52. The molecular weight excluding hydrogens is 298 g/mol. The van der Waals surface area contributed by atoms with Crippen molar-refractivity contribution in [3.8, 4) is 0 Å². The zero-order valence-electron chi connectivity index (χ0n) is 10.4. The van der Waals surface area contributed by atoms with Crippen LogP contribution in [0.4, 0.5) is 0 Å². The van der Waals surface area contributed by atoms with Crippen molar-refractivity contribution in [2.45, 2.75) is 32.2 Å². The molecule has 2 N–H and O–H groups in total. The smallest absolute Gasteiger partial charge is 0.329 e. The van der Waals surface area contributed by atoms with Gasteiger partial charge in [-0.2, -0.15) is 0 Å². The number of carbonyl (C=O) groups excluding carboxylic acids is 1. The first-order valence-corrected chi connectivity index (χ1v) is 6.45. The number of carbonyl (C=O) groups is 2. The average Bonchev–Trinajstić information content (AvgIpc) is 2.28. The SMILES string of the molecule is CCC(C)(NC(=O)Cc1cccc(Br)c1)C(=O)O. The van der Waals surface area contributed by atoms with E-state index in [4.69, 9.17) is 5.11 Å². The van der Waals surface area contributed by atoms with Crippen LogP contribution in [0.3, 0.4) is 0 Å². The first-order chi connectivity index (χ1) is 8.37. The number of amides is 1. The molecule has 0 aliphatic heterocycles. The molecule has 1 unspecified atom stereocenters. The Morgan fingerprint density at radius 3 is 2.61 bits per heavy atom. The van der Waals surface area contributed by atoms with E-state index in [0.29, 0.717) is 6.42 Å². The summed E-state index contributed by atoms with van der Waals surface area (Å²) in [5.41, 5.74) is -0.367. The summed E-state index contributed by atoms with van der Waals surface area (Å²) < 4.78 is 0.893. The van der Waals surface area contributed by atoms with Crippen molar-refractivity contribution in [3.63, 3.8) is 0 Å². The summed E-state index contributed by atoms with van der Waals surface area (Å²) in [4.78, 5) is 22.9. The van der Waals surface area contributed by atoms with Crippen molar-refractivity contribution in [2.24, 2.45) is 0 Å². The van der Waals surface area contributed by atoms with E-state index in [1.165, 1.54) is 6.92 Å². The van der Waals surface area contributed by atoms with Gasteiger partial charge in [-0.15, -0.1) is 0 Å². The number of benzene rings is 1. The van der Waals surface area contributed by atoms with Crippen LogP contribution < -0.4 is 5.32 Å². The standard InChI is InChI=1S/C13H16BrNO3/c1-3-13(2,12(17)18)15-11(16)8-9-5-4-6-10(14)7-9/h4-7H,3,8H2,1-2H3,(H,15,16)(H,17,18). The van der Waals surface area contributed by atoms with Crippen LogP contribution in [0.2, 0.25) is 0 Å². The summed E-state index contributed by atoms with van der Waals surface area (Å²) in [7, 11) is 0. The molecule has 1 aromatic carbocycles. The lowest BCUT2D eigenvalue weighted by Gasteiger charge is -2.24. The number of halogens is 1. The Morgan fingerprint density at radius 2 is 2.11 bits per heavy atom. The second-order valence-electron chi connectivity index (χ2n) is 4.35. The Balaban J connectivity index is 2.70. The minimum atomic E-state index is -1.21. The van der Waals surface area contributed by atoms with Gasteiger partial charge >= 0.3 is 5.97 Å². The van der Waals surface area contributed by atoms with Crippen LogP contribution in [0, 0.1) is 0 Å². The predicted molar refractivity (Wildman–Crippen MR) is 72.3 cm³/mol. The van der Waals surface area contributed by atoms with Crippen LogP contribution in [-0.4, -0.2) is 22.5 Å². The van der Waals surface area contributed by atoms with E-state index in [-0.39, 0.29) is 12.3 Å². The van der Waals surface area contributed by atoms with Gasteiger partial charge in [0.1, 0.15) is 5.54 Å². The molecule has 0 bridgehead atoms. The maximum absolute atomic E-state index is 11.8. The van der Waals surface area contributed by atoms with Crippen molar-refractivity contribution in [2.75, 3.05) is 0 Å². The van der Waals surface area contributed by atoms with E-state index in [0.717, 1.165) is 10.0 Å². The average molecular weight is 314 g/mol. The molecule has 0 saturated heterocycles.